The van der Waals surface area contributed by atoms with E-state index in [1.54, 1.807) is 17.6 Å². The van der Waals surface area contributed by atoms with Crippen LogP contribution in [-0.4, -0.2) is 52.8 Å². The molecule has 1 fully saturated rings. The lowest BCUT2D eigenvalue weighted by atomic mass is 10.1. The number of primary amides is 1. The predicted octanol–water partition coefficient (Wildman–Crippen LogP) is 1.76. The molecule has 0 aromatic carbocycles. The third-order valence-corrected chi connectivity index (χ3v) is 5.33. The Morgan fingerprint density at radius 1 is 1.29 bits per heavy atom. The zero-order valence-electron chi connectivity index (χ0n) is 13.5. The van der Waals surface area contributed by atoms with E-state index in [0.29, 0.717) is 23.5 Å². The quantitative estimate of drug-likeness (QED) is 0.916. The van der Waals surface area contributed by atoms with E-state index >= 15 is 0 Å². The van der Waals surface area contributed by atoms with E-state index in [4.69, 9.17) is 5.73 Å². The molecule has 0 bridgehead atoms. The number of nitrogens with zero attached hydrogens (tertiary/aromatic N) is 3. The van der Waals surface area contributed by atoms with Crippen LogP contribution in [0.25, 0.3) is 0 Å². The van der Waals surface area contributed by atoms with Gasteiger partial charge in [0.05, 0.1) is 10.4 Å². The van der Waals surface area contributed by atoms with Crippen molar-refractivity contribution in [3.05, 3.63) is 52.0 Å². The van der Waals surface area contributed by atoms with E-state index in [1.807, 2.05) is 17.2 Å². The molecule has 1 aliphatic rings. The van der Waals surface area contributed by atoms with Crippen LogP contribution in [0.1, 0.15) is 38.6 Å². The summed E-state index contributed by atoms with van der Waals surface area (Å²) in [5.41, 5.74) is 6.82. The van der Waals surface area contributed by atoms with Gasteiger partial charge in [-0.05, 0) is 24.6 Å². The lowest BCUT2D eigenvalue weighted by Crippen LogP contribution is -2.49. The summed E-state index contributed by atoms with van der Waals surface area (Å²) >= 11 is 1.27. The molecule has 2 aromatic heterocycles. The number of nitrogens with two attached hydrogens (primary N) is 1. The third-order valence-electron chi connectivity index (χ3n) is 4.41. The lowest BCUT2D eigenvalue weighted by molar-refractivity contribution is 0.0586. The van der Waals surface area contributed by atoms with Crippen LogP contribution in [0.4, 0.5) is 0 Å². The largest absolute Gasteiger partial charge is 0.366 e. The van der Waals surface area contributed by atoms with Crippen LogP contribution in [0.3, 0.4) is 0 Å². The zero-order chi connectivity index (χ0) is 17.1. The molecule has 2 N–H and O–H groups in total. The van der Waals surface area contributed by atoms with Crippen LogP contribution in [0.2, 0.25) is 0 Å². The van der Waals surface area contributed by atoms with Crippen LogP contribution in [0.5, 0.6) is 0 Å². The highest BCUT2D eigenvalue weighted by Gasteiger charge is 2.26. The number of thiophene rings is 1. The van der Waals surface area contributed by atoms with Gasteiger partial charge < -0.3 is 10.6 Å². The summed E-state index contributed by atoms with van der Waals surface area (Å²) < 4.78 is 0. The van der Waals surface area contributed by atoms with Gasteiger partial charge in [-0.1, -0.05) is 6.07 Å². The molecule has 0 aliphatic carbocycles. The van der Waals surface area contributed by atoms with Gasteiger partial charge in [-0.15, -0.1) is 11.3 Å². The van der Waals surface area contributed by atoms with Crippen molar-refractivity contribution in [3.63, 3.8) is 0 Å². The van der Waals surface area contributed by atoms with Crippen molar-refractivity contribution < 1.29 is 9.59 Å². The van der Waals surface area contributed by atoms with Crippen LogP contribution >= 0.6 is 11.3 Å². The summed E-state index contributed by atoms with van der Waals surface area (Å²) in [5.74, 6) is -0.526. The maximum Gasteiger partial charge on any atom is 0.264 e. The molecule has 0 spiro atoms. The maximum absolute atomic E-state index is 12.5. The second kappa shape index (κ2) is 7.11. The number of pyridine rings is 1. The molecule has 2 amide bonds. The molecular formula is C17H20N4O2S. The first-order valence-corrected chi connectivity index (χ1v) is 8.76. The summed E-state index contributed by atoms with van der Waals surface area (Å²) in [6, 6.07) is 5.88. The number of aromatic nitrogens is 1. The SMILES string of the molecule is C[C@H](c1cccnc1)N1CCN(C(=O)c2cc(C(N)=O)cs2)CC1. The van der Waals surface area contributed by atoms with Gasteiger partial charge in [0.25, 0.3) is 5.91 Å². The number of hydrogen-bond donors (Lipinski definition) is 1. The topological polar surface area (TPSA) is 79.5 Å². The molecule has 2 aromatic rings. The van der Waals surface area contributed by atoms with Gasteiger partial charge in [0.15, 0.2) is 0 Å². The maximum atomic E-state index is 12.5. The summed E-state index contributed by atoms with van der Waals surface area (Å²) in [4.78, 5) is 32.6. The van der Waals surface area contributed by atoms with E-state index < -0.39 is 5.91 Å². The first-order valence-electron chi connectivity index (χ1n) is 7.88. The standard InChI is InChI=1S/C17H20N4O2S/c1-12(13-3-2-4-19-10-13)20-5-7-21(8-6-20)17(23)15-9-14(11-24-15)16(18)22/h2-4,9-12H,5-8H2,1H3,(H2,18,22)/t12-/m1/s1. The second-order valence-corrected chi connectivity index (χ2v) is 6.77. The van der Waals surface area contributed by atoms with E-state index in [-0.39, 0.29) is 11.9 Å². The Morgan fingerprint density at radius 2 is 2.04 bits per heavy atom. The number of carbonyl (C=O) groups excluding carboxylic acids is 2. The van der Waals surface area contributed by atoms with Crippen LogP contribution in [0, 0.1) is 0 Å². The Morgan fingerprint density at radius 3 is 2.62 bits per heavy atom. The highest BCUT2D eigenvalue weighted by Crippen LogP contribution is 2.22. The molecule has 24 heavy (non-hydrogen) atoms. The van der Waals surface area contributed by atoms with Gasteiger partial charge in [0.2, 0.25) is 5.91 Å². The van der Waals surface area contributed by atoms with Crippen LogP contribution in [0.15, 0.2) is 36.0 Å². The van der Waals surface area contributed by atoms with E-state index in [1.165, 1.54) is 16.9 Å². The molecule has 1 aliphatic heterocycles. The highest BCUT2D eigenvalue weighted by atomic mass is 32.1. The molecular weight excluding hydrogens is 324 g/mol. The third kappa shape index (κ3) is 3.47. The fraction of sp³-hybridized carbons (Fsp3) is 0.353. The van der Waals surface area contributed by atoms with Gasteiger partial charge in [0, 0.05) is 50.0 Å². The van der Waals surface area contributed by atoms with Crippen molar-refractivity contribution in [2.24, 2.45) is 5.73 Å². The van der Waals surface area contributed by atoms with Crippen molar-refractivity contribution in [2.45, 2.75) is 13.0 Å². The van der Waals surface area contributed by atoms with Crippen molar-refractivity contribution in [1.29, 1.82) is 0 Å². The predicted molar refractivity (Wildman–Crippen MR) is 93.0 cm³/mol. The first-order chi connectivity index (χ1) is 11.6. The molecule has 126 valence electrons. The summed E-state index contributed by atoms with van der Waals surface area (Å²) in [6.45, 7) is 5.14. The molecule has 6 nitrogen and oxygen atoms in total. The summed E-state index contributed by atoms with van der Waals surface area (Å²) in [6.07, 6.45) is 3.66. The average Bonchev–Trinajstić information content (AvgIpc) is 3.12. The summed E-state index contributed by atoms with van der Waals surface area (Å²) in [5, 5.41) is 1.64. The average molecular weight is 344 g/mol. The van der Waals surface area contributed by atoms with Crippen molar-refractivity contribution >= 4 is 23.2 Å². The summed E-state index contributed by atoms with van der Waals surface area (Å²) in [7, 11) is 0. The minimum atomic E-state index is -0.500. The van der Waals surface area contributed by atoms with Crippen molar-refractivity contribution in [2.75, 3.05) is 26.2 Å². The fourth-order valence-electron chi connectivity index (χ4n) is 2.88. The minimum absolute atomic E-state index is 0.0267. The number of hydrogen-bond acceptors (Lipinski definition) is 5. The van der Waals surface area contributed by atoms with Gasteiger partial charge in [-0.2, -0.15) is 0 Å². The molecule has 1 atom stereocenters. The van der Waals surface area contributed by atoms with Crippen molar-refractivity contribution in [1.82, 2.24) is 14.8 Å². The fourth-order valence-corrected chi connectivity index (χ4v) is 3.74. The Balaban J connectivity index is 1.60. The Hall–Kier alpha value is -2.25. The van der Waals surface area contributed by atoms with Gasteiger partial charge >= 0.3 is 0 Å². The molecule has 7 heteroatoms. The first kappa shape index (κ1) is 16.6. The van der Waals surface area contributed by atoms with Crippen LogP contribution in [-0.2, 0) is 0 Å². The number of amides is 2. The van der Waals surface area contributed by atoms with Crippen LogP contribution < -0.4 is 5.73 Å². The molecule has 0 unspecified atom stereocenters. The smallest absolute Gasteiger partial charge is 0.264 e. The highest BCUT2D eigenvalue weighted by molar-refractivity contribution is 7.12. The van der Waals surface area contributed by atoms with Gasteiger partial charge in [-0.25, -0.2) is 0 Å². The van der Waals surface area contributed by atoms with Gasteiger partial charge in [-0.3, -0.25) is 19.5 Å². The Kier molecular flexibility index (Phi) is 4.92. The zero-order valence-corrected chi connectivity index (χ0v) is 14.3. The molecule has 1 saturated heterocycles. The Bertz CT molecular complexity index is 723. The Labute approximate surface area is 144 Å². The van der Waals surface area contributed by atoms with E-state index in [9.17, 15) is 9.59 Å². The van der Waals surface area contributed by atoms with E-state index in [2.05, 4.69) is 22.9 Å². The molecule has 3 rings (SSSR count). The molecule has 0 saturated carbocycles. The van der Waals surface area contributed by atoms with Crippen molar-refractivity contribution in [3.8, 4) is 0 Å². The number of piperazine rings is 1. The minimum Gasteiger partial charge on any atom is -0.366 e. The van der Waals surface area contributed by atoms with Gasteiger partial charge in [0.1, 0.15) is 0 Å². The van der Waals surface area contributed by atoms with E-state index in [0.717, 1.165) is 13.1 Å². The second-order valence-electron chi connectivity index (χ2n) is 5.85. The normalized spacial score (nSPS) is 16.8. The number of rotatable bonds is 4. The lowest BCUT2D eigenvalue weighted by Gasteiger charge is -2.38. The monoisotopic (exact) mass is 344 g/mol. The number of carbonyl (C=O) groups is 2. The molecule has 3 heterocycles. The molecule has 0 radical (unpaired) electrons.